The van der Waals surface area contributed by atoms with E-state index in [1.807, 2.05) is 6.92 Å². The van der Waals surface area contributed by atoms with E-state index in [4.69, 9.17) is 14.6 Å². The van der Waals surface area contributed by atoms with Crippen LogP contribution in [0.3, 0.4) is 0 Å². The van der Waals surface area contributed by atoms with Crippen molar-refractivity contribution < 1.29 is 39.8 Å². The van der Waals surface area contributed by atoms with Gasteiger partial charge in [0, 0.05) is 0 Å². The molecule has 0 unspecified atom stereocenters. The number of ether oxygens (including phenoxy) is 2. The lowest BCUT2D eigenvalue weighted by atomic mass is 9.95. The van der Waals surface area contributed by atoms with E-state index >= 15 is 0 Å². The molecule has 0 amide bonds. The number of carboxylic acid groups (broad SMARTS) is 1. The summed E-state index contributed by atoms with van der Waals surface area (Å²) in [5, 5.41) is 47.6. The smallest absolute Gasteiger partial charge is 0.303 e. The normalized spacial score (nSPS) is 34.1. The largest absolute Gasteiger partial charge is 0.481 e. The van der Waals surface area contributed by atoms with Gasteiger partial charge < -0.3 is 35.0 Å². The second-order valence-corrected chi connectivity index (χ2v) is 6.09. The molecule has 0 aromatic heterocycles. The van der Waals surface area contributed by atoms with E-state index < -0.39 is 49.4 Å². The highest BCUT2D eigenvalue weighted by molar-refractivity contribution is 5.67. The first-order valence-electron chi connectivity index (χ1n) is 7.99. The van der Waals surface area contributed by atoms with Crippen molar-refractivity contribution >= 4 is 5.97 Å². The third-order valence-corrected chi connectivity index (χ3v) is 4.13. The maximum atomic E-state index is 10.9. The maximum Gasteiger partial charge on any atom is 0.303 e. The summed E-state index contributed by atoms with van der Waals surface area (Å²) in [5.74, 6) is -1.26. The summed E-state index contributed by atoms with van der Waals surface area (Å²) < 4.78 is 11.0. The molecule has 1 aliphatic rings. The van der Waals surface area contributed by atoms with E-state index in [1.165, 1.54) is 0 Å². The first-order valence-corrected chi connectivity index (χ1v) is 7.99. The van der Waals surface area contributed by atoms with Gasteiger partial charge >= 0.3 is 5.97 Å². The zero-order valence-electron chi connectivity index (χ0n) is 13.5. The van der Waals surface area contributed by atoms with E-state index in [0.717, 1.165) is 12.8 Å². The molecule has 5 N–H and O–H groups in total. The van der Waals surface area contributed by atoms with Crippen LogP contribution in [0.15, 0.2) is 0 Å². The van der Waals surface area contributed by atoms with Gasteiger partial charge in [-0.15, -0.1) is 0 Å². The second-order valence-electron chi connectivity index (χ2n) is 6.09. The fourth-order valence-corrected chi connectivity index (χ4v) is 2.65. The molecule has 136 valence electrons. The number of aliphatic carboxylic acids is 1. The fraction of sp³-hybridized carbons (Fsp3) is 0.933. The predicted octanol–water partition coefficient (Wildman–Crippen LogP) is -0.528. The highest BCUT2D eigenvalue weighted by Crippen LogP contribution is 2.27. The van der Waals surface area contributed by atoms with Crippen molar-refractivity contribution in [3.05, 3.63) is 0 Å². The Balaban J connectivity index is 2.77. The predicted molar refractivity (Wildman–Crippen MR) is 79.6 cm³/mol. The Morgan fingerprint density at radius 3 is 2.39 bits per heavy atom. The molecule has 1 saturated heterocycles. The van der Waals surface area contributed by atoms with Crippen molar-refractivity contribution in [3.8, 4) is 0 Å². The van der Waals surface area contributed by atoms with Crippen molar-refractivity contribution in [1.82, 2.24) is 0 Å². The average molecular weight is 336 g/mol. The number of carbonyl (C=O) groups is 1. The lowest BCUT2D eigenvalue weighted by Crippen LogP contribution is -2.59. The Bertz CT molecular complexity index is 361. The molecule has 1 fully saturated rings. The molecule has 0 aromatic carbocycles. The van der Waals surface area contributed by atoms with Gasteiger partial charge in [-0.25, -0.2) is 0 Å². The highest BCUT2D eigenvalue weighted by atomic mass is 16.7. The van der Waals surface area contributed by atoms with E-state index in [0.29, 0.717) is 6.42 Å². The molecule has 0 aromatic rings. The molecule has 7 atom stereocenters. The van der Waals surface area contributed by atoms with Crippen molar-refractivity contribution in [3.63, 3.8) is 0 Å². The van der Waals surface area contributed by atoms with Gasteiger partial charge in [0.1, 0.15) is 24.4 Å². The molecule has 1 aliphatic heterocycles. The van der Waals surface area contributed by atoms with Crippen LogP contribution in [0.1, 0.15) is 39.5 Å². The summed E-state index contributed by atoms with van der Waals surface area (Å²) >= 11 is 0. The first kappa shape index (κ1) is 20.3. The SMILES string of the molecule is CCCC[C@H](O[C@@H]1O[C@H](CO)[C@@H](O)[C@H](O)[C@H]1O)[C@@H](C)CC(=O)O. The van der Waals surface area contributed by atoms with Crippen LogP contribution in [0.5, 0.6) is 0 Å². The monoisotopic (exact) mass is 336 g/mol. The standard InChI is InChI=1S/C15H28O8/c1-3-4-5-9(8(2)6-11(17)18)22-15-14(21)13(20)12(19)10(7-16)23-15/h8-10,12-16,19-21H,3-7H2,1-2H3,(H,17,18)/t8-,9-,10+,12+,13-,14+,15+/m0/s1. The van der Waals surface area contributed by atoms with Crippen LogP contribution in [0, 0.1) is 5.92 Å². The molecule has 23 heavy (non-hydrogen) atoms. The lowest BCUT2D eigenvalue weighted by Gasteiger charge is -2.41. The maximum absolute atomic E-state index is 10.9. The van der Waals surface area contributed by atoms with Gasteiger partial charge in [0.2, 0.25) is 0 Å². The minimum absolute atomic E-state index is 0.0915. The molecule has 1 heterocycles. The molecule has 0 spiro atoms. The minimum atomic E-state index is -1.51. The number of hydrogen-bond donors (Lipinski definition) is 5. The molecule has 0 aliphatic carbocycles. The van der Waals surface area contributed by atoms with Crippen molar-refractivity contribution in [2.45, 2.75) is 76.3 Å². The quantitative estimate of drug-likeness (QED) is 0.379. The third kappa shape index (κ3) is 5.66. The highest BCUT2D eigenvalue weighted by Gasteiger charge is 2.45. The first-order chi connectivity index (χ1) is 10.8. The van der Waals surface area contributed by atoms with Crippen LogP contribution >= 0.6 is 0 Å². The van der Waals surface area contributed by atoms with Crippen LogP contribution in [0.25, 0.3) is 0 Å². The van der Waals surface area contributed by atoms with E-state index in [-0.39, 0.29) is 12.3 Å². The van der Waals surface area contributed by atoms with Crippen molar-refractivity contribution in [2.75, 3.05) is 6.61 Å². The zero-order chi connectivity index (χ0) is 17.6. The summed E-state index contributed by atoms with van der Waals surface area (Å²) in [6.07, 6.45) is -4.98. The molecular weight excluding hydrogens is 308 g/mol. The topological polar surface area (TPSA) is 137 Å². The number of aliphatic hydroxyl groups excluding tert-OH is 4. The number of rotatable bonds is 9. The van der Waals surface area contributed by atoms with Gasteiger partial charge in [0.15, 0.2) is 6.29 Å². The molecule has 0 saturated carbocycles. The Morgan fingerprint density at radius 2 is 1.87 bits per heavy atom. The van der Waals surface area contributed by atoms with Crippen LogP contribution in [-0.4, -0.2) is 74.9 Å². The van der Waals surface area contributed by atoms with Gasteiger partial charge in [-0.1, -0.05) is 26.7 Å². The summed E-state index contributed by atoms with van der Waals surface area (Å²) in [4.78, 5) is 10.9. The number of unbranched alkanes of at least 4 members (excludes halogenated alkanes) is 1. The molecular formula is C15H28O8. The molecule has 0 bridgehead atoms. The van der Waals surface area contributed by atoms with Gasteiger partial charge in [-0.05, 0) is 12.3 Å². The lowest BCUT2D eigenvalue weighted by molar-refractivity contribution is -0.315. The van der Waals surface area contributed by atoms with Gasteiger partial charge in [-0.2, -0.15) is 0 Å². The molecule has 8 heteroatoms. The molecule has 1 rings (SSSR count). The van der Waals surface area contributed by atoms with Crippen molar-refractivity contribution in [1.29, 1.82) is 0 Å². The Morgan fingerprint density at radius 1 is 1.22 bits per heavy atom. The van der Waals surface area contributed by atoms with E-state index in [1.54, 1.807) is 6.92 Å². The van der Waals surface area contributed by atoms with Crippen LogP contribution < -0.4 is 0 Å². The second kappa shape index (κ2) is 9.51. The van der Waals surface area contributed by atoms with Gasteiger partial charge in [0.25, 0.3) is 0 Å². The summed E-state index contributed by atoms with van der Waals surface area (Å²) in [6.45, 7) is 3.19. The summed E-state index contributed by atoms with van der Waals surface area (Å²) in [7, 11) is 0. The number of hydrogen-bond acceptors (Lipinski definition) is 7. The van der Waals surface area contributed by atoms with Crippen LogP contribution in [0.4, 0.5) is 0 Å². The Hall–Kier alpha value is -0.770. The zero-order valence-corrected chi connectivity index (χ0v) is 13.5. The Kier molecular flexibility index (Phi) is 8.38. The average Bonchev–Trinajstić information content (AvgIpc) is 2.50. The van der Waals surface area contributed by atoms with Gasteiger partial charge in [0.05, 0.1) is 19.1 Å². The molecule has 0 radical (unpaired) electrons. The minimum Gasteiger partial charge on any atom is -0.481 e. The van der Waals surface area contributed by atoms with E-state index in [9.17, 15) is 25.2 Å². The van der Waals surface area contributed by atoms with Crippen LogP contribution in [-0.2, 0) is 14.3 Å². The van der Waals surface area contributed by atoms with E-state index in [2.05, 4.69) is 0 Å². The Labute approximate surface area is 135 Å². The number of aliphatic hydroxyl groups is 4. The van der Waals surface area contributed by atoms with Crippen molar-refractivity contribution in [2.24, 2.45) is 5.92 Å². The summed E-state index contributed by atoms with van der Waals surface area (Å²) in [5.41, 5.74) is 0. The third-order valence-electron chi connectivity index (χ3n) is 4.13. The number of carboxylic acids is 1. The molecule has 8 nitrogen and oxygen atoms in total. The van der Waals surface area contributed by atoms with Gasteiger partial charge in [-0.3, -0.25) is 4.79 Å². The summed E-state index contributed by atoms with van der Waals surface area (Å²) in [6, 6.07) is 0. The van der Waals surface area contributed by atoms with Crippen LogP contribution in [0.2, 0.25) is 0 Å². The fourth-order valence-electron chi connectivity index (χ4n) is 2.65.